The summed E-state index contributed by atoms with van der Waals surface area (Å²) in [7, 11) is 0. The third-order valence-electron chi connectivity index (χ3n) is 2.49. The molecule has 0 aromatic carbocycles. The molecule has 13 heavy (non-hydrogen) atoms. The maximum absolute atomic E-state index is 4.32. The van der Waals surface area contributed by atoms with Crippen LogP contribution in [0.3, 0.4) is 0 Å². The molecule has 1 aliphatic rings. The van der Waals surface area contributed by atoms with Crippen LogP contribution < -0.4 is 5.32 Å². The second-order valence-corrected chi connectivity index (χ2v) is 3.80. The Bertz CT molecular complexity index is 298. The lowest BCUT2D eigenvalue weighted by atomic mass is 10.4. The van der Waals surface area contributed by atoms with Crippen molar-refractivity contribution >= 4 is 0 Å². The maximum Gasteiger partial charge on any atom is 0.125 e. The van der Waals surface area contributed by atoms with Crippen molar-refractivity contribution in [1.82, 2.24) is 15.3 Å². The van der Waals surface area contributed by atoms with Gasteiger partial charge in [0.15, 0.2) is 0 Å². The van der Waals surface area contributed by atoms with Crippen molar-refractivity contribution in [2.24, 2.45) is 5.92 Å². The van der Waals surface area contributed by atoms with Crippen LogP contribution in [-0.4, -0.2) is 16.0 Å². The van der Waals surface area contributed by atoms with Crippen molar-refractivity contribution in [2.75, 3.05) is 0 Å². The Morgan fingerprint density at radius 1 is 1.62 bits per heavy atom. The lowest BCUT2D eigenvalue weighted by Gasteiger charge is -2.02. The summed E-state index contributed by atoms with van der Waals surface area (Å²) in [6.07, 6.45) is 3.12. The zero-order valence-corrected chi connectivity index (χ0v) is 8.12. The summed E-state index contributed by atoms with van der Waals surface area (Å²) in [5, 5.41) is 3.46. The monoisotopic (exact) mass is 177 g/mol. The summed E-state index contributed by atoms with van der Waals surface area (Å²) in [5.74, 6) is 1.70. The van der Waals surface area contributed by atoms with E-state index >= 15 is 0 Å². The minimum absolute atomic E-state index is 0.718. The first-order valence-electron chi connectivity index (χ1n) is 4.77. The third kappa shape index (κ3) is 2.25. The minimum atomic E-state index is 0.718. The van der Waals surface area contributed by atoms with Crippen LogP contribution in [-0.2, 0) is 6.54 Å². The van der Waals surface area contributed by atoms with Gasteiger partial charge in [-0.3, -0.25) is 0 Å². The summed E-state index contributed by atoms with van der Waals surface area (Å²) in [6.45, 7) is 5.06. The summed E-state index contributed by atoms with van der Waals surface area (Å²) in [6, 6.07) is 2.68. The van der Waals surface area contributed by atoms with Crippen molar-refractivity contribution in [3.8, 4) is 0 Å². The Labute approximate surface area is 78.6 Å². The average Bonchev–Trinajstić information content (AvgIpc) is 2.79. The van der Waals surface area contributed by atoms with Crippen LogP contribution in [0, 0.1) is 12.8 Å². The molecule has 2 atom stereocenters. The molecule has 1 N–H and O–H groups in total. The number of aryl methyl sites for hydroxylation is 1. The Hall–Kier alpha value is -0.960. The fourth-order valence-electron chi connectivity index (χ4n) is 1.45. The fraction of sp³-hybridized carbons (Fsp3) is 0.600. The summed E-state index contributed by atoms with van der Waals surface area (Å²) in [5.41, 5.74) is 1.09. The first-order chi connectivity index (χ1) is 6.25. The molecular formula is C10H15N3. The molecule has 0 spiro atoms. The molecule has 1 aromatic heterocycles. The smallest absolute Gasteiger partial charge is 0.125 e. The zero-order valence-electron chi connectivity index (χ0n) is 8.12. The molecule has 1 aromatic rings. The summed E-state index contributed by atoms with van der Waals surface area (Å²) in [4.78, 5) is 8.38. The van der Waals surface area contributed by atoms with Crippen molar-refractivity contribution in [3.63, 3.8) is 0 Å². The second kappa shape index (κ2) is 3.42. The van der Waals surface area contributed by atoms with E-state index in [9.17, 15) is 0 Å². The topological polar surface area (TPSA) is 37.8 Å². The fourth-order valence-corrected chi connectivity index (χ4v) is 1.45. The first-order valence-corrected chi connectivity index (χ1v) is 4.77. The van der Waals surface area contributed by atoms with E-state index in [0.717, 1.165) is 30.0 Å². The van der Waals surface area contributed by atoms with E-state index < -0.39 is 0 Å². The lowest BCUT2D eigenvalue weighted by molar-refractivity contribution is 0.639. The van der Waals surface area contributed by atoms with Crippen LogP contribution >= 0.6 is 0 Å². The zero-order chi connectivity index (χ0) is 9.26. The molecule has 0 amide bonds. The molecule has 3 nitrogen and oxygen atoms in total. The molecule has 0 bridgehead atoms. The lowest BCUT2D eigenvalue weighted by Crippen LogP contribution is -2.18. The maximum atomic E-state index is 4.32. The molecule has 1 aliphatic carbocycles. The van der Waals surface area contributed by atoms with Crippen molar-refractivity contribution in [3.05, 3.63) is 23.8 Å². The molecule has 1 fully saturated rings. The van der Waals surface area contributed by atoms with Crippen LogP contribution in [0.25, 0.3) is 0 Å². The highest BCUT2D eigenvalue weighted by atomic mass is 15.0. The number of rotatable bonds is 3. The van der Waals surface area contributed by atoms with Crippen molar-refractivity contribution in [2.45, 2.75) is 32.9 Å². The van der Waals surface area contributed by atoms with Gasteiger partial charge in [0, 0.05) is 18.8 Å². The Kier molecular flexibility index (Phi) is 2.27. The van der Waals surface area contributed by atoms with Gasteiger partial charge in [0.25, 0.3) is 0 Å². The van der Waals surface area contributed by atoms with E-state index in [0.29, 0.717) is 0 Å². The van der Waals surface area contributed by atoms with Gasteiger partial charge < -0.3 is 5.32 Å². The van der Waals surface area contributed by atoms with Crippen LogP contribution in [0.5, 0.6) is 0 Å². The van der Waals surface area contributed by atoms with Crippen LogP contribution in [0.2, 0.25) is 0 Å². The summed E-state index contributed by atoms with van der Waals surface area (Å²) >= 11 is 0. The molecule has 2 rings (SSSR count). The van der Waals surface area contributed by atoms with Gasteiger partial charge in [-0.2, -0.15) is 0 Å². The van der Waals surface area contributed by atoms with Gasteiger partial charge in [-0.15, -0.1) is 0 Å². The number of aromatic nitrogens is 2. The normalized spacial score (nSPS) is 26.0. The third-order valence-corrected chi connectivity index (χ3v) is 2.49. The molecule has 2 unspecified atom stereocenters. The number of nitrogens with zero attached hydrogens (tertiary/aromatic N) is 2. The molecular weight excluding hydrogens is 162 g/mol. The van der Waals surface area contributed by atoms with E-state index in [4.69, 9.17) is 0 Å². The Morgan fingerprint density at radius 3 is 3.00 bits per heavy atom. The highest BCUT2D eigenvalue weighted by molar-refractivity contribution is 5.02. The quantitative estimate of drug-likeness (QED) is 0.755. The second-order valence-electron chi connectivity index (χ2n) is 3.80. The number of hydrogen-bond acceptors (Lipinski definition) is 3. The Morgan fingerprint density at radius 2 is 2.38 bits per heavy atom. The Balaban J connectivity index is 1.87. The molecule has 1 heterocycles. The highest BCUT2D eigenvalue weighted by Crippen LogP contribution is 2.29. The first kappa shape index (κ1) is 8.63. The van der Waals surface area contributed by atoms with Gasteiger partial charge in [0.05, 0.1) is 5.69 Å². The number of hydrogen-bond donors (Lipinski definition) is 1. The predicted molar refractivity (Wildman–Crippen MR) is 51.2 cm³/mol. The molecule has 0 aliphatic heterocycles. The molecule has 1 saturated carbocycles. The summed E-state index contributed by atoms with van der Waals surface area (Å²) < 4.78 is 0. The van der Waals surface area contributed by atoms with E-state index in [1.165, 1.54) is 6.42 Å². The van der Waals surface area contributed by atoms with Crippen molar-refractivity contribution in [1.29, 1.82) is 0 Å². The molecule has 0 saturated heterocycles. The van der Waals surface area contributed by atoms with Crippen LogP contribution in [0.4, 0.5) is 0 Å². The van der Waals surface area contributed by atoms with Gasteiger partial charge >= 0.3 is 0 Å². The van der Waals surface area contributed by atoms with Gasteiger partial charge in [-0.1, -0.05) is 6.92 Å². The molecule has 70 valence electrons. The average molecular weight is 177 g/mol. The predicted octanol–water partition coefficient (Wildman–Crippen LogP) is 1.28. The van der Waals surface area contributed by atoms with Gasteiger partial charge in [0.2, 0.25) is 0 Å². The number of nitrogens with one attached hydrogen (secondary N) is 1. The van der Waals surface area contributed by atoms with Crippen molar-refractivity contribution < 1.29 is 0 Å². The molecule has 3 heteroatoms. The van der Waals surface area contributed by atoms with Crippen LogP contribution in [0.1, 0.15) is 24.9 Å². The minimum Gasteiger partial charge on any atom is -0.308 e. The largest absolute Gasteiger partial charge is 0.308 e. The van der Waals surface area contributed by atoms with E-state index in [1.54, 1.807) is 0 Å². The van der Waals surface area contributed by atoms with E-state index in [2.05, 4.69) is 22.2 Å². The molecule has 0 radical (unpaired) electrons. The standard InChI is InChI=1S/C10H15N3/c1-7-5-10(7)12-6-9-3-4-11-8(2)13-9/h3-4,7,10,12H,5-6H2,1-2H3. The van der Waals surface area contributed by atoms with Gasteiger partial charge in [-0.25, -0.2) is 9.97 Å². The van der Waals surface area contributed by atoms with Gasteiger partial charge in [0.1, 0.15) is 5.82 Å². The SMILES string of the molecule is Cc1nccc(CNC2CC2C)n1. The van der Waals surface area contributed by atoms with E-state index in [1.807, 2.05) is 19.2 Å². The van der Waals surface area contributed by atoms with Crippen LogP contribution in [0.15, 0.2) is 12.3 Å². The van der Waals surface area contributed by atoms with E-state index in [-0.39, 0.29) is 0 Å². The van der Waals surface area contributed by atoms with Gasteiger partial charge in [-0.05, 0) is 25.3 Å². The highest BCUT2D eigenvalue weighted by Gasteiger charge is 2.31.